The zero-order chi connectivity index (χ0) is 20.7. The van der Waals surface area contributed by atoms with E-state index in [4.69, 9.17) is 9.47 Å². The highest BCUT2D eigenvalue weighted by molar-refractivity contribution is 5.51. The van der Waals surface area contributed by atoms with E-state index in [1.165, 1.54) is 16.7 Å². The fraction of sp³-hybridized carbons (Fsp3) is 0.280. The summed E-state index contributed by atoms with van der Waals surface area (Å²) in [6.45, 7) is 3.44. The minimum Gasteiger partial charge on any atom is -0.504 e. The third-order valence-corrected chi connectivity index (χ3v) is 6.28. The lowest BCUT2D eigenvalue weighted by Gasteiger charge is -2.41. The first kappa shape index (κ1) is 18.8. The van der Waals surface area contributed by atoms with Gasteiger partial charge in [-0.25, -0.2) is 0 Å². The van der Waals surface area contributed by atoms with E-state index in [-0.39, 0.29) is 30.4 Å². The third-order valence-electron chi connectivity index (χ3n) is 6.28. The molecule has 2 heterocycles. The van der Waals surface area contributed by atoms with Crippen LogP contribution in [0.25, 0.3) is 0 Å². The van der Waals surface area contributed by atoms with Gasteiger partial charge in [0.05, 0.1) is 0 Å². The van der Waals surface area contributed by atoms with E-state index >= 15 is 0 Å². The summed E-state index contributed by atoms with van der Waals surface area (Å²) < 4.78 is 11.3. The van der Waals surface area contributed by atoms with Gasteiger partial charge in [0.15, 0.2) is 23.0 Å². The predicted octanol–water partition coefficient (Wildman–Crippen LogP) is 4.73. The van der Waals surface area contributed by atoms with E-state index < -0.39 is 0 Å². The molecular weight excluding hydrogens is 378 g/mol. The summed E-state index contributed by atoms with van der Waals surface area (Å²) in [5.41, 5.74) is 4.77. The molecule has 5 rings (SSSR count). The highest BCUT2D eigenvalue weighted by Crippen LogP contribution is 2.44. The van der Waals surface area contributed by atoms with Crippen molar-refractivity contribution in [1.29, 1.82) is 0 Å². The van der Waals surface area contributed by atoms with Crippen LogP contribution in [0, 0.1) is 0 Å². The number of hydrogen-bond acceptors (Lipinski definition) is 5. The van der Waals surface area contributed by atoms with Crippen LogP contribution in [0.1, 0.15) is 41.3 Å². The molecule has 0 aliphatic carbocycles. The Bertz CT molecular complexity index is 1070. The second-order valence-electron chi connectivity index (χ2n) is 8.02. The Kier molecular flexibility index (Phi) is 4.75. The molecule has 5 heteroatoms. The SMILES string of the molecule is CC(c1ccccc1)N1CCc2cc3c(cc2[C@H]1Cc1ccc(O)c(O)c1)OCO3. The highest BCUT2D eigenvalue weighted by Gasteiger charge is 2.33. The predicted molar refractivity (Wildman–Crippen MR) is 114 cm³/mol. The summed E-state index contributed by atoms with van der Waals surface area (Å²) in [6.07, 6.45) is 1.66. The molecule has 2 N–H and O–H groups in total. The number of hydrogen-bond donors (Lipinski definition) is 2. The molecule has 30 heavy (non-hydrogen) atoms. The minimum absolute atomic E-state index is 0.0862. The molecule has 0 amide bonds. The molecule has 1 unspecified atom stereocenters. The fourth-order valence-corrected chi connectivity index (χ4v) is 4.64. The number of aromatic hydroxyl groups is 2. The van der Waals surface area contributed by atoms with Crippen molar-refractivity contribution in [2.75, 3.05) is 13.3 Å². The molecule has 0 radical (unpaired) electrons. The van der Waals surface area contributed by atoms with Crippen molar-refractivity contribution in [2.45, 2.75) is 31.8 Å². The van der Waals surface area contributed by atoms with E-state index in [0.29, 0.717) is 0 Å². The van der Waals surface area contributed by atoms with Crippen LogP contribution in [-0.4, -0.2) is 28.5 Å². The summed E-state index contributed by atoms with van der Waals surface area (Å²) in [5.74, 6) is 1.43. The normalized spacial score (nSPS) is 18.8. The number of phenolic OH excluding ortho intramolecular Hbond substituents is 2. The average Bonchev–Trinajstić information content (AvgIpc) is 3.23. The molecule has 0 bridgehead atoms. The summed E-state index contributed by atoms with van der Waals surface area (Å²) in [5, 5.41) is 19.7. The van der Waals surface area contributed by atoms with E-state index in [0.717, 1.165) is 36.4 Å². The van der Waals surface area contributed by atoms with Crippen LogP contribution >= 0.6 is 0 Å². The monoisotopic (exact) mass is 403 g/mol. The van der Waals surface area contributed by atoms with Gasteiger partial charge >= 0.3 is 0 Å². The van der Waals surface area contributed by atoms with Gasteiger partial charge in [-0.1, -0.05) is 36.4 Å². The van der Waals surface area contributed by atoms with E-state index in [2.05, 4.69) is 48.2 Å². The number of rotatable bonds is 4. The van der Waals surface area contributed by atoms with Gasteiger partial charge in [-0.15, -0.1) is 0 Å². The fourth-order valence-electron chi connectivity index (χ4n) is 4.64. The van der Waals surface area contributed by atoms with Gasteiger partial charge in [0.1, 0.15) is 0 Å². The van der Waals surface area contributed by atoms with E-state index in [1.54, 1.807) is 12.1 Å². The molecule has 2 aliphatic rings. The topological polar surface area (TPSA) is 62.2 Å². The van der Waals surface area contributed by atoms with Crippen LogP contribution < -0.4 is 9.47 Å². The van der Waals surface area contributed by atoms with Crippen molar-refractivity contribution < 1.29 is 19.7 Å². The maximum Gasteiger partial charge on any atom is 0.231 e. The quantitative estimate of drug-likeness (QED) is 0.617. The second kappa shape index (κ2) is 7.58. The van der Waals surface area contributed by atoms with Crippen molar-refractivity contribution >= 4 is 0 Å². The molecule has 2 aliphatic heterocycles. The zero-order valence-corrected chi connectivity index (χ0v) is 16.9. The van der Waals surface area contributed by atoms with Gasteiger partial charge in [0.25, 0.3) is 0 Å². The van der Waals surface area contributed by atoms with Crippen LogP contribution in [0.5, 0.6) is 23.0 Å². The van der Waals surface area contributed by atoms with Crippen LogP contribution in [0.4, 0.5) is 0 Å². The van der Waals surface area contributed by atoms with E-state index in [9.17, 15) is 10.2 Å². The summed E-state index contributed by atoms with van der Waals surface area (Å²) in [4.78, 5) is 2.52. The first-order valence-corrected chi connectivity index (χ1v) is 10.3. The molecule has 2 atom stereocenters. The maximum atomic E-state index is 10.0. The Balaban J connectivity index is 1.55. The number of phenols is 2. The lowest BCUT2D eigenvalue weighted by atomic mass is 9.86. The number of fused-ring (bicyclic) bond motifs is 2. The standard InChI is InChI=1S/C25H25NO4/c1-16(18-5-3-2-4-6-18)26-10-9-19-13-24-25(30-15-29-24)14-20(19)21(26)11-17-7-8-22(27)23(28)12-17/h2-8,12-14,16,21,27-28H,9-11,15H2,1H3/t16?,21-/m1/s1. The molecular formula is C25H25NO4. The number of ether oxygens (including phenoxy) is 2. The summed E-state index contributed by atoms with van der Waals surface area (Å²) in [6, 6.07) is 20.2. The Morgan fingerprint density at radius 2 is 1.73 bits per heavy atom. The first-order chi connectivity index (χ1) is 14.6. The summed E-state index contributed by atoms with van der Waals surface area (Å²) in [7, 11) is 0. The van der Waals surface area contributed by atoms with Gasteiger partial charge in [0, 0.05) is 18.6 Å². The molecule has 0 fully saturated rings. The van der Waals surface area contributed by atoms with Gasteiger partial charge < -0.3 is 19.7 Å². The Hall–Kier alpha value is -3.18. The number of nitrogens with zero attached hydrogens (tertiary/aromatic N) is 1. The highest BCUT2D eigenvalue weighted by atomic mass is 16.7. The van der Waals surface area contributed by atoms with Crippen molar-refractivity contribution in [3.05, 3.63) is 82.9 Å². The van der Waals surface area contributed by atoms with Gasteiger partial charge in [-0.2, -0.15) is 0 Å². The molecule has 5 nitrogen and oxygen atoms in total. The van der Waals surface area contributed by atoms with Crippen molar-refractivity contribution in [3.63, 3.8) is 0 Å². The Labute approximate surface area is 176 Å². The average molecular weight is 403 g/mol. The van der Waals surface area contributed by atoms with Crippen molar-refractivity contribution in [3.8, 4) is 23.0 Å². The second-order valence-corrected chi connectivity index (χ2v) is 8.02. The van der Waals surface area contributed by atoms with E-state index in [1.807, 2.05) is 12.1 Å². The third kappa shape index (κ3) is 3.35. The number of benzene rings is 3. The van der Waals surface area contributed by atoms with Crippen LogP contribution in [0.2, 0.25) is 0 Å². The lowest BCUT2D eigenvalue weighted by Crippen LogP contribution is -2.38. The minimum atomic E-state index is -0.0966. The molecule has 0 saturated heterocycles. The lowest BCUT2D eigenvalue weighted by molar-refractivity contribution is 0.131. The molecule has 0 saturated carbocycles. The Morgan fingerprint density at radius 3 is 2.50 bits per heavy atom. The zero-order valence-electron chi connectivity index (χ0n) is 16.9. The van der Waals surface area contributed by atoms with Crippen LogP contribution in [0.15, 0.2) is 60.7 Å². The van der Waals surface area contributed by atoms with Crippen molar-refractivity contribution in [2.24, 2.45) is 0 Å². The van der Waals surface area contributed by atoms with Gasteiger partial charge in [-0.05, 0) is 66.3 Å². The van der Waals surface area contributed by atoms with Crippen LogP contribution in [0.3, 0.4) is 0 Å². The van der Waals surface area contributed by atoms with Gasteiger partial charge in [-0.3, -0.25) is 4.90 Å². The van der Waals surface area contributed by atoms with Gasteiger partial charge in [0.2, 0.25) is 6.79 Å². The molecule has 0 aromatic heterocycles. The summed E-state index contributed by atoms with van der Waals surface area (Å²) >= 11 is 0. The molecule has 0 spiro atoms. The maximum absolute atomic E-state index is 10.0. The smallest absolute Gasteiger partial charge is 0.231 e. The van der Waals surface area contributed by atoms with Crippen molar-refractivity contribution in [1.82, 2.24) is 4.90 Å². The Morgan fingerprint density at radius 1 is 0.967 bits per heavy atom. The first-order valence-electron chi connectivity index (χ1n) is 10.3. The molecule has 154 valence electrons. The molecule has 3 aromatic carbocycles. The van der Waals surface area contributed by atoms with Crippen LogP contribution in [-0.2, 0) is 12.8 Å². The molecule has 3 aromatic rings. The largest absolute Gasteiger partial charge is 0.504 e.